The van der Waals surface area contributed by atoms with Gasteiger partial charge >= 0.3 is 0 Å². The molecule has 5 heteroatoms. The molecule has 0 aliphatic carbocycles. The van der Waals surface area contributed by atoms with Crippen LogP contribution in [0, 0.1) is 0 Å². The molecular formula is C18H22N4O. The van der Waals surface area contributed by atoms with Crippen molar-refractivity contribution < 1.29 is 4.79 Å². The van der Waals surface area contributed by atoms with E-state index in [0.29, 0.717) is 0 Å². The van der Waals surface area contributed by atoms with Crippen LogP contribution in [0.15, 0.2) is 65.9 Å². The molecule has 0 aliphatic rings. The molecule has 0 fully saturated rings. The van der Waals surface area contributed by atoms with E-state index >= 15 is 0 Å². The number of aromatic nitrogens is 1. The Balaban J connectivity index is 0.00000127. The summed E-state index contributed by atoms with van der Waals surface area (Å²) in [5.74, 6) is -0.301. The second kappa shape index (κ2) is 10.7. The summed E-state index contributed by atoms with van der Waals surface area (Å²) < 4.78 is 0. The molecule has 120 valence electrons. The van der Waals surface area contributed by atoms with Crippen molar-refractivity contribution in [3.63, 3.8) is 0 Å². The molecule has 0 bridgehead atoms. The molecule has 1 aromatic heterocycles. The van der Waals surface area contributed by atoms with Crippen LogP contribution >= 0.6 is 0 Å². The zero-order chi connectivity index (χ0) is 16.9. The highest BCUT2D eigenvalue weighted by Gasteiger charge is 2.00. The Morgan fingerprint density at radius 2 is 1.78 bits per heavy atom. The van der Waals surface area contributed by atoms with Crippen molar-refractivity contribution in [3.8, 4) is 0 Å². The highest BCUT2D eigenvalue weighted by atomic mass is 16.1. The number of benzene rings is 1. The van der Waals surface area contributed by atoms with Crippen molar-refractivity contribution in [2.24, 2.45) is 5.10 Å². The van der Waals surface area contributed by atoms with Crippen LogP contribution in [0.25, 0.3) is 5.70 Å². The van der Waals surface area contributed by atoms with Crippen LogP contribution in [-0.2, 0) is 4.79 Å². The van der Waals surface area contributed by atoms with Gasteiger partial charge in [-0.2, -0.15) is 5.10 Å². The van der Waals surface area contributed by atoms with Crippen LogP contribution in [0.2, 0.25) is 0 Å². The maximum absolute atomic E-state index is 11.7. The SMILES string of the molecule is C/C=C(\N/N=C/C(=O)Nc1ccccc1)c1ccccn1.CC. The second-order valence-electron chi connectivity index (χ2n) is 4.14. The Labute approximate surface area is 137 Å². The van der Waals surface area contributed by atoms with E-state index in [2.05, 4.69) is 20.8 Å². The number of carbonyl (C=O) groups excluding carboxylic acids is 1. The number of rotatable bonds is 5. The van der Waals surface area contributed by atoms with Crippen LogP contribution in [-0.4, -0.2) is 17.1 Å². The van der Waals surface area contributed by atoms with Gasteiger partial charge in [0.15, 0.2) is 0 Å². The summed E-state index contributed by atoms with van der Waals surface area (Å²) >= 11 is 0. The zero-order valence-electron chi connectivity index (χ0n) is 13.7. The highest BCUT2D eigenvalue weighted by molar-refractivity contribution is 6.31. The van der Waals surface area contributed by atoms with E-state index in [4.69, 9.17) is 0 Å². The molecule has 0 saturated carbocycles. The monoisotopic (exact) mass is 310 g/mol. The van der Waals surface area contributed by atoms with Gasteiger partial charge < -0.3 is 5.32 Å². The zero-order valence-corrected chi connectivity index (χ0v) is 13.7. The van der Waals surface area contributed by atoms with Crippen molar-refractivity contribution in [2.45, 2.75) is 20.8 Å². The molecule has 0 spiro atoms. The third-order valence-corrected chi connectivity index (χ3v) is 2.64. The van der Waals surface area contributed by atoms with Crippen LogP contribution in [0.5, 0.6) is 0 Å². The molecule has 2 rings (SSSR count). The lowest BCUT2D eigenvalue weighted by Crippen LogP contribution is -2.15. The van der Waals surface area contributed by atoms with E-state index in [1.807, 2.05) is 75.4 Å². The first kappa shape index (κ1) is 18.1. The summed E-state index contributed by atoms with van der Waals surface area (Å²) in [4.78, 5) is 15.9. The molecule has 5 nitrogen and oxygen atoms in total. The van der Waals surface area contributed by atoms with E-state index in [1.54, 1.807) is 6.20 Å². The van der Waals surface area contributed by atoms with Crippen molar-refractivity contribution >= 4 is 23.5 Å². The number of hydrogen-bond acceptors (Lipinski definition) is 4. The summed E-state index contributed by atoms with van der Waals surface area (Å²) in [7, 11) is 0. The standard InChI is InChI=1S/C16H16N4O.C2H6/c1-2-14(15-10-6-7-11-17-15)20-18-12-16(21)19-13-8-4-3-5-9-13;1-2/h2-12,20H,1H3,(H,19,21);1-2H3/b14-2-,18-12+;. The number of hydrazone groups is 1. The lowest BCUT2D eigenvalue weighted by molar-refractivity contribution is -0.110. The predicted molar refractivity (Wildman–Crippen MR) is 95.9 cm³/mol. The van der Waals surface area contributed by atoms with Crippen LogP contribution < -0.4 is 10.7 Å². The number of nitrogens with zero attached hydrogens (tertiary/aromatic N) is 2. The second-order valence-corrected chi connectivity index (χ2v) is 4.14. The molecule has 0 radical (unpaired) electrons. The van der Waals surface area contributed by atoms with Gasteiger partial charge in [-0.25, -0.2) is 0 Å². The van der Waals surface area contributed by atoms with Gasteiger partial charge in [0.2, 0.25) is 0 Å². The van der Waals surface area contributed by atoms with Gasteiger partial charge in [-0.1, -0.05) is 44.2 Å². The first-order valence-corrected chi connectivity index (χ1v) is 7.52. The number of carbonyl (C=O) groups is 1. The fourth-order valence-corrected chi connectivity index (χ4v) is 1.65. The van der Waals surface area contributed by atoms with E-state index < -0.39 is 0 Å². The molecule has 2 N–H and O–H groups in total. The number of amides is 1. The number of anilines is 1. The first-order valence-electron chi connectivity index (χ1n) is 7.52. The van der Waals surface area contributed by atoms with Gasteiger partial charge in [-0.3, -0.25) is 15.2 Å². The van der Waals surface area contributed by atoms with Gasteiger partial charge in [-0.05, 0) is 31.2 Å². The molecule has 1 amide bonds. The fraction of sp³-hybridized carbons (Fsp3) is 0.167. The molecule has 0 atom stereocenters. The van der Waals surface area contributed by atoms with Gasteiger partial charge in [0, 0.05) is 11.9 Å². The lowest BCUT2D eigenvalue weighted by atomic mass is 10.3. The van der Waals surface area contributed by atoms with Crippen molar-refractivity contribution in [1.29, 1.82) is 0 Å². The first-order chi connectivity index (χ1) is 11.3. The molecular weight excluding hydrogens is 288 g/mol. The fourth-order valence-electron chi connectivity index (χ4n) is 1.65. The smallest absolute Gasteiger partial charge is 0.268 e. The van der Waals surface area contributed by atoms with Gasteiger partial charge in [0.05, 0.1) is 11.4 Å². The maximum Gasteiger partial charge on any atom is 0.268 e. The summed E-state index contributed by atoms with van der Waals surface area (Å²) in [5, 5.41) is 6.63. The van der Waals surface area contributed by atoms with Gasteiger partial charge in [-0.15, -0.1) is 0 Å². The summed E-state index contributed by atoms with van der Waals surface area (Å²) in [5.41, 5.74) is 5.04. The van der Waals surface area contributed by atoms with Crippen LogP contribution in [0.4, 0.5) is 5.69 Å². The molecule has 1 aromatic carbocycles. The molecule has 0 unspecified atom stereocenters. The Hall–Kier alpha value is -2.95. The van der Waals surface area contributed by atoms with E-state index in [0.717, 1.165) is 17.1 Å². The minimum absolute atomic E-state index is 0.301. The van der Waals surface area contributed by atoms with Gasteiger partial charge in [0.25, 0.3) is 5.91 Å². The van der Waals surface area contributed by atoms with Gasteiger partial charge in [0.1, 0.15) is 6.21 Å². The normalized spacial score (nSPS) is 10.7. The average molecular weight is 310 g/mol. The molecule has 0 aliphatic heterocycles. The van der Waals surface area contributed by atoms with E-state index in [-0.39, 0.29) is 5.91 Å². The Kier molecular flexibility index (Phi) is 8.44. The van der Waals surface area contributed by atoms with E-state index in [9.17, 15) is 4.79 Å². The summed E-state index contributed by atoms with van der Waals surface area (Å²) in [6.45, 7) is 5.87. The number of pyridine rings is 1. The van der Waals surface area contributed by atoms with Crippen molar-refractivity contribution in [3.05, 3.63) is 66.5 Å². The topological polar surface area (TPSA) is 66.4 Å². The third kappa shape index (κ3) is 6.56. The highest BCUT2D eigenvalue weighted by Crippen LogP contribution is 2.07. The van der Waals surface area contributed by atoms with Crippen molar-refractivity contribution in [1.82, 2.24) is 10.4 Å². The number of hydrogen-bond donors (Lipinski definition) is 2. The third-order valence-electron chi connectivity index (χ3n) is 2.64. The average Bonchev–Trinajstić information content (AvgIpc) is 2.62. The molecule has 0 saturated heterocycles. The van der Waals surface area contributed by atoms with Crippen molar-refractivity contribution in [2.75, 3.05) is 5.32 Å². The molecule has 1 heterocycles. The van der Waals surface area contributed by atoms with E-state index in [1.165, 1.54) is 6.21 Å². The lowest BCUT2D eigenvalue weighted by Gasteiger charge is -2.05. The molecule has 23 heavy (non-hydrogen) atoms. The minimum Gasteiger partial charge on any atom is -0.321 e. The largest absolute Gasteiger partial charge is 0.321 e. The Morgan fingerprint density at radius 1 is 1.09 bits per heavy atom. The van der Waals surface area contributed by atoms with Crippen LogP contribution in [0.1, 0.15) is 26.5 Å². The summed E-state index contributed by atoms with van der Waals surface area (Å²) in [6.07, 6.45) is 4.74. The number of allylic oxidation sites excluding steroid dienone is 1. The quantitative estimate of drug-likeness (QED) is 0.654. The summed E-state index contributed by atoms with van der Waals surface area (Å²) in [6, 6.07) is 14.8. The maximum atomic E-state index is 11.7. The van der Waals surface area contributed by atoms with Crippen LogP contribution in [0.3, 0.4) is 0 Å². The minimum atomic E-state index is -0.301. The predicted octanol–water partition coefficient (Wildman–Crippen LogP) is 3.68. The Morgan fingerprint density at radius 3 is 2.39 bits per heavy atom. The molecule has 2 aromatic rings. The number of nitrogens with one attached hydrogen (secondary N) is 2. The number of para-hydroxylation sites is 1. The Bertz CT molecular complexity index is 637.